The van der Waals surface area contributed by atoms with E-state index in [0.717, 1.165) is 16.3 Å². The second kappa shape index (κ2) is 3.85. The van der Waals surface area contributed by atoms with E-state index in [1.165, 1.54) is 17.5 Å². The van der Waals surface area contributed by atoms with E-state index >= 15 is 0 Å². The van der Waals surface area contributed by atoms with E-state index < -0.39 is 5.97 Å². The van der Waals surface area contributed by atoms with Gasteiger partial charge in [0.1, 0.15) is 22.2 Å². The Kier molecular flexibility index (Phi) is 2.33. The Balaban J connectivity index is 1.98. The van der Waals surface area contributed by atoms with Gasteiger partial charge in [0.05, 0.1) is 12.1 Å². The molecule has 0 aliphatic carbocycles. The van der Waals surface area contributed by atoms with Gasteiger partial charge in [-0.05, 0) is 6.07 Å². The van der Waals surface area contributed by atoms with Gasteiger partial charge >= 0.3 is 5.97 Å². The molecular weight excluding hydrogens is 238 g/mol. The number of thiazole rings is 1. The predicted octanol–water partition coefficient (Wildman–Crippen LogP) is 2.37. The average molecular weight is 247 g/mol. The minimum absolute atomic E-state index is 0.0595. The number of aromatic nitrogens is 1. The van der Waals surface area contributed by atoms with Crippen molar-refractivity contribution in [2.24, 2.45) is 0 Å². The standard InChI is InChI=1S/C12H9NO3S/c14-12(15)10-5-13-11(17-10)8-6-16-9-4-2-1-3-7(8)9/h1-5,8H,6H2,(H,14,15). The molecule has 1 aromatic heterocycles. The maximum Gasteiger partial charge on any atom is 0.347 e. The molecule has 86 valence electrons. The summed E-state index contributed by atoms with van der Waals surface area (Å²) >= 11 is 1.21. The van der Waals surface area contributed by atoms with Crippen molar-refractivity contribution in [2.45, 2.75) is 5.92 Å². The van der Waals surface area contributed by atoms with Crippen LogP contribution in [0, 0.1) is 0 Å². The Morgan fingerprint density at radius 2 is 2.29 bits per heavy atom. The molecule has 1 unspecified atom stereocenters. The van der Waals surface area contributed by atoms with Gasteiger partial charge in [-0.1, -0.05) is 18.2 Å². The largest absolute Gasteiger partial charge is 0.492 e. The van der Waals surface area contributed by atoms with Gasteiger partial charge in [-0.25, -0.2) is 9.78 Å². The van der Waals surface area contributed by atoms with Crippen LogP contribution in [0.15, 0.2) is 30.5 Å². The first kappa shape index (κ1) is 10.3. The molecule has 0 fully saturated rings. The number of ether oxygens (including phenoxy) is 1. The maximum atomic E-state index is 10.8. The molecule has 0 amide bonds. The predicted molar refractivity (Wildman–Crippen MR) is 62.9 cm³/mol. The van der Waals surface area contributed by atoms with Crippen LogP contribution in [-0.2, 0) is 0 Å². The molecular formula is C12H9NO3S. The number of nitrogens with zero attached hydrogens (tertiary/aromatic N) is 1. The average Bonchev–Trinajstić information content (AvgIpc) is 2.95. The summed E-state index contributed by atoms with van der Waals surface area (Å²) < 4.78 is 5.55. The number of carboxylic acid groups (broad SMARTS) is 1. The van der Waals surface area contributed by atoms with E-state index in [4.69, 9.17) is 9.84 Å². The van der Waals surface area contributed by atoms with Gasteiger partial charge in [-0.2, -0.15) is 0 Å². The fourth-order valence-electron chi connectivity index (χ4n) is 1.91. The normalized spacial score (nSPS) is 17.5. The Bertz CT molecular complexity index is 579. The molecule has 1 aliphatic rings. The van der Waals surface area contributed by atoms with Gasteiger partial charge in [-0.15, -0.1) is 11.3 Å². The first-order chi connectivity index (χ1) is 8.25. The third kappa shape index (κ3) is 1.68. The van der Waals surface area contributed by atoms with Crippen LogP contribution in [0.1, 0.15) is 26.2 Å². The smallest absolute Gasteiger partial charge is 0.347 e. The zero-order valence-corrected chi connectivity index (χ0v) is 9.61. The van der Waals surface area contributed by atoms with E-state index in [1.54, 1.807) is 0 Å². The maximum absolute atomic E-state index is 10.8. The Morgan fingerprint density at radius 1 is 1.47 bits per heavy atom. The van der Waals surface area contributed by atoms with Crippen LogP contribution >= 0.6 is 11.3 Å². The highest BCUT2D eigenvalue weighted by Gasteiger charge is 2.28. The second-order valence-corrected chi connectivity index (χ2v) is 4.83. The molecule has 1 N–H and O–H groups in total. The van der Waals surface area contributed by atoms with Gasteiger partial charge in [0.25, 0.3) is 0 Å². The monoisotopic (exact) mass is 247 g/mol. The number of para-hydroxylation sites is 1. The zero-order chi connectivity index (χ0) is 11.8. The minimum Gasteiger partial charge on any atom is -0.492 e. The lowest BCUT2D eigenvalue weighted by atomic mass is 10.0. The number of carboxylic acids is 1. The number of benzene rings is 1. The topological polar surface area (TPSA) is 59.4 Å². The minimum atomic E-state index is -0.930. The molecule has 2 heterocycles. The molecule has 2 aromatic rings. The van der Waals surface area contributed by atoms with Crippen molar-refractivity contribution < 1.29 is 14.6 Å². The molecule has 0 spiro atoms. The summed E-state index contributed by atoms with van der Waals surface area (Å²) in [6.45, 7) is 0.534. The summed E-state index contributed by atoms with van der Waals surface area (Å²) in [6, 6.07) is 7.79. The molecule has 0 saturated heterocycles. The molecule has 1 aromatic carbocycles. The van der Waals surface area contributed by atoms with E-state index in [2.05, 4.69) is 4.98 Å². The van der Waals surface area contributed by atoms with Crippen LogP contribution in [0.4, 0.5) is 0 Å². The SMILES string of the molecule is O=C(O)c1cnc(C2COc3ccccc32)s1. The van der Waals surface area contributed by atoms with Crippen molar-refractivity contribution in [1.29, 1.82) is 0 Å². The van der Waals surface area contributed by atoms with Crippen LogP contribution in [-0.4, -0.2) is 22.7 Å². The summed E-state index contributed by atoms with van der Waals surface area (Å²) in [7, 11) is 0. The van der Waals surface area contributed by atoms with Gasteiger partial charge in [-0.3, -0.25) is 0 Å². The first-order valence-corrected chi connectivity index (χ1v) is 5.98. The van der Waals surface area contributed by atoms with Crippen molar-refractivity contribution in [3.05, 3.63) is 45.9 Å². The van der Waals surface area contributed by atoms with Gasteiger partial charge in [0, 0.05) is 5.56 Å². The zero-order valence-electron chi connectivity index (χ0n) is 8.79. The quantitative estimate of drug-likeness (QED) is 0.885. The molecule has 0 radical (unpaired) electrons. The summed E-state index contributed by atoms with van der Waals surface area (Å²) in [5.41, 5.74) is 1.08. The van der Waals surface area contributed by atoms with Gasteiger partial charge < -0.3 is 9.84 Å². The third-order valence-electron chi connectivity index (χ3n) is 2.73. The van der Waals surface area contributed by atoms with Crippen molar-refractivity contribution in [3.8, 4) is 5.75 Å². The van der Waals surface area contributed by atoms with Crippen LogP contribution in [0.3, 0.4) is 0 Å². The highest BCUT2D eigenvalue weighted by Crippen LogP contribution is 2.39. The van der Waals surface area contributed by atoms with E-state index in [0.29, 0.717) is 6.61 Å². The molecule has 1 aliphatic heterocycles. The third-order valence-corrected chi connectivity index (χ3v) is 3.83. The number of fused-ring (bicyclic) bond motifs is 1. The van der Waals surface area contributed by atoms with Crippen molar-refractivity contribution in [1.82, 2.24) is 4.98 Å². The van der Waals surface area contributed by atoms with E-state index in [1.807, 2.05) is 24.3 Å². The number of hydrogen-bond acceptors (Lipinski definition) is 4. The van der Waals surface area contributed by atoms with E-state index in [-0.39, 0.29) is 10.8 Å². The molecule has 5 heteroatoms. The van der Waals surface area contributed by atoms with E-state index in [9.17, 15) is 4.79 Å². The molecule has 3 rings (SSSR count). The molecule has 17 heavy (non-hydrogen) atoms. The van der Waals surface area contributed by atoms with Crippen LogP contribution in [0.2, 0.25) is 0 Å². The van der Waals surface area contributed by atoms with Crippen LogP contribution in [0.25, 0.3) is 0 Å². The number of rotatable bonds is 2. The molecule has 0 saturated carbocycles. The lowest BCUT2D eigenvalue weighted by Gasteiger charge is -2.03. The Hall–Kier alpha value is -1.88. The Labute approximate surface area is 102 Å². The van der Waals surface area contributed by atoms with Gasteiger partial charge in [0.2, 0.25) is 0 Å². The van der Waals surface area contributed by atoms with Crippen molar-refractivity contribution in [2.75, 3.05) is 6.61 Å². The lowest BCUT2D eigenvalue weighted by molar-refractivity contribution is 0.0702. The first-order valence-electron chi connectivity index (χ1n) is 5.16. The van der Waals surface area contributed by atoms with Gasteiger partial charge in [0.15, 0.2) is 0 Å². The fraction of sp³-hybridized carbons (Fsp3) is 0.167. The summed E-state index contributed by atoms with van der Waals surface area (Å²) in [5, 5.41) is 9.67. The highest BCUT2D eigenvalue weighted by molar-refractivity contribution is 7.13. The molecule has 0 bridgehead atoms. The molecule has 4 nitrogen and oxygen atoms in total. The van der Waals surface area contributed by atoms with Crippen molar-refractivity contribution in [3.63, 3.8) is 0 Å². The number of carbonyl (C=O) groups is 1. The fourth-order valence-corrected chi connectivity index (χ4v) is 2.78. The lowest BCUT2D eigenvalue weighted by Crippen LogP contribution is -2.01. The van der Waals surface area contributed by atoms with Crippen LogP contribution in [0.5, 0.6) is 5.75 Å². The highest BCUT2D eigenvalue weighted by atomic mass is 32.1. The summed E-state index contributed by atoms with van der Waals surface area (Å²) in [5.74, 6) is -0.00479. The summed E-state index contributed by atoms with van der Waals surface area (Å²) in [6.07, 6.45) is 1.41. The van der Waals surface area contributed by atoms with Crippen LogP contribution < -0.4 is 4.74 Å². The summed E-state index contributed by atoms with van der Waals surface area (Å²) in [4.78, 5) is 15.3. The Morgan fingerprint density at radius 3 is 3.06 bits per heavy atom. The van der Waals surface area contributed by atoms with Crippen molar-refractivity contribution >= 4 is 17.3 Å². The number of hydrogen-bond donors (Lipinski definition) is 1. The molecule has 1 atom stereocenters. The second-order valence-electron chi connectivity index (χ2n) is 3.77. The number of aromatic carboxylic acids is 1.